The summed E-state index contributed by atoms with van der Waals surface area (Å²) in [5, 5.41) is 0. The van der Waals surface area contributed by atoms with Gasteiger partial charge in [-0.2, -0.15) is 0 Å². The summed E-state index contributed by atoms with van der Waals surface area (Å²) in [7, 11) is 2.08. The topological polar surface area (TPSA) is 29.5 Å². The van der Waals surface area contributed by atoms with Crippen LogP contribution in [0, 0.1) is 5.92 Å². The van der Waals surface area contributed by atoms with Crippen LogP contribution in [0.15, 0.2) is 0 Å². The summed E-state index contributed by atoms with van der Waals surface area (Å²) in [4.78, 5) is 14.2. The average molecular weight is 241 g/mol. The first-order valence-corrected chi connectivity index (χ1v) is 7.00. The van der Waals surface area contributed by atoms with E-state index in [0.29, 0.717) is 18.6 Å². The summed E-state index contributed by atoms with van der Waals surface area (Å²) in [6, 6.07) is 0.471. The van der Waals surface area contributed by atoms with E-state index in [2.05, 4.69) is 25.8 Å². The van der Waals surface area contributed by atoms with E-state index in [1.165, 1.54) is 25.7 Å². The number of carbonyl (C=O) groups excluding carboxylic acids is 1. The van der Waals surface area contributed by atoms with Crippen LogP contribution in [0.3, 0.4) is 0 Å². The summed E-state index contributed by atoms with van der Waals surface area (Å²) < 4.78 is 5.16. The van der Waals surface area contributed by atoms with Crippen molar-refractivity contribution in [2.24, 2.45) is 5.92 Å². The zero-order valence-electron chi connectivity index (χ0n) is 11.7. The van der Waals surface area contributed by atoms with Crippen LogP contribution in [0.2, 0.25) is 0 Å². The number of likely N-dealkylation sites (N-methyl/N-ethyl adjacent to an activating group) is 1. The van der Waals surface area contributed by atoms with Gasteiger partial charge < -0.3 is 4.74 Å². The summed E-state index contributed by atoms with van der Waals surface area (Å²) in [5.41, 5.74) is 0. The molecule has 0 bridgehead atoms. The molecule has 1 aliphatic carbocycles. The number of ether oxygens (including phenoxy) is 1. The first-order chi connectivity index (χ1) is 8.11. The van der Waals surface area contributed by atoms with E-state index in [0.717, 1.165) is 6.42 Å². The van der Waals surface area contributed by atoms with Crippen LogP contribution in [0.4, 0.5) is 0 Å². The molecule has 0 N–H and O–H groups in total. The predicted octanol–water partition coefficient (Wildman–Crippen LogP) is 2.84. The Labute approximate surface area is 106 Å². The Balaban J connectivity index is 2.63. The van der Waals surface area contributed by atoms with Crippen LogP contribution in [0.1, 0.15) is 52.9 Å². The molecule has 3 atom stereocenters. The molecule has 1 rings (SSSR count). The molecule has 0 heterocycles. The van der Waals surface area contributed by atoms with Crippen LogP contribution in [-0.2, 0) is 9.53 Å². The lowest BCUT2D eigenvalue weighted by Crippen LogP contribution is -2.48. The average Bonchev–Trinajstić information content (AvgIpc) is 2.30. The molecule has 0 aromatic heterocycles. The third-order valence-electron chi connectivity index (χ3n) is 4.03. The Kier molecular flexibility index (Phi) is 5.96. The van der Waals surface area contributed by atoms with Gasteiger partial charge >= 0.3 is 5.97 Å². The molecule has 0 aromatic carbocycles. The fourth-order valence-electron chi connectivity index (χ4n) is 2.99. The number of hydrogen-bond acceptors (Lipinski definition) is 3. The maximum absolute atomic E-state index is 11.9. The van der Waals surface area contributed by atoms with Crippen molar-refractivity contribution >= 4 is 5.97 Å². The van der Waals surface area contributed by atoms with Crippen molar-refractivity contribution in [2.75, 3.05) is 13.7 Å². The normalized spacial score (nSPS) is 26.9. The minimum atomic E-state index is -0.0690. The van der Waals surface area contributed by atoms with Gasteiger partial charge in [-0.15, -0.1) is 0 Å². The quantitative estimate of drug-likeness (QED) is 0.693. The molecule has 3 unspecified atom stereocenters. The van der Waals surface area contributed by atoms with E-state index >= 15 is 0 Å². The Hall–Kier alpha value is -0.570. The number of hydrogen-bond donors (Lipinski definition) is 0. The van der Waals surface area contributed by atoms with Gasteiger partial charge in [0, 0.05) is 6.04 Å². The van der Waals surface area contributed by atoms with Gasteiger partial charge in [-0.25, -0.2) is 0 Å². The molecule has 1 saturated carbocycles. The highest BCUT2D eigenvalue weighted by atomic mass is 16.5. The largest absolute Gasteiger partial charge is 0.465 e. The molecule has 0 aromatic rings. The van der Waals surface area contributed by atoms with Gasteiger partial charge in [-0.1, -0.05) is 26.7 Å². The van der Waals surface area contributed by atoms with Crippen molar-refractivity contribution in [3.63, 3.8) is 0 Å². The first-order valence-electron chi connectivity index (χ1n) is 7.00. The number of nitrogens with zero attached hydrogens (tertiary/aromatic N) is 1. The molecular weight excluding hydrogens is 214 g/mol. The van der Waals surface area contributed by atoms with Crippen molar-refractivity contribution < 1.29 is 9.53 Å². The second kappa shape index (κ2) is 7.00. The zero-order valence-corrected chi connectivity index (χ0v) is 11.7. The molecule has 17 heavy (non-hydrogen) atoms. The standard InChI is InChI=1S/C14H27NO2/c1-5-12(14(16)17-6-2)15(4)13-10-8-7-9-11(13)3/h11-13H,5-10H2,1-4H3. The third-order valence-corrected chi connectivity index (χ3v) is 4.03. The Morgan fingerprint density at radius 3 is 2.53 bits per heavy atom. The van der Waals surface area contributed by atoms with E-state index in [-0.39, 0.29) is 12.0 Å². The highest BCUT2D eigenvalue weighted by Gasteiger charge is 2.32. The molecule has 100 valence electrons. The monoisotopic (exact) mass is 241 g/mol. The second-order valence-electron chi connectivity index (χ2n) is 5.17. The van der Waals surface area contributed by atoms with E-state index in [9.17, 15) is 4.79 Å². The predicted molar refractivity (Wildman–Crippen MR) is 69.9 cm³/mol. The lowest BCUT2D eigenvalue weighted by atomic mass is 9.84. The smallest absolute Gasteiger partial charge is 0.323 e. The maximum atomic E-state index is 11.9. The Bertz CT molecular complexity index is 242. The number of esters is 1. The van der Waals surface area contributed by atoms with Crippen LogP contribution in [0.25, 0.3) is 0 Å². The second-order valence-corrected chi connectivity index (χ2v) is 5.17. The zero-order chi connectivity index (χ0) is 12.8. The van der Waals surface area contributed by atoms with Crippen molar-refractivity contribution in [1.29, 1.82) is 0 Å². The molecule has 1 fully saturated rings. The highest BCUT2D eigenvalue weighted by molar-refractivity contribution is 5.75. The summed E-state index contributed by atoms with van der Waals surface area (Å²) in [6.07, 6.45) is 5.96. The van der Waals surface area contributed by atoms with Crippen molar-refractivity contribution in [3.05, 3.63) is 0 Å². The van der Waals surface area contributed by atoms with Crippen LogP contribution >= 0.6 is 0 Å². The van der Waals surface area contributed by atoms with Gasteiger partial charge in [0.15, 0.2) is 0 Å². The van der Waals surface area contributed by atoms with Gasteiger partial charge in [0.05, 0.1) is 6.61 Å². The minimum Gasteiger partial charge on any atom is -0.465 e. The fourth-order valence-corrected chi connectivity index (χ4v) is 2.99. The maximum Gasteiger partial charge on any atom is 0.323 e. The molecule has 0 amide bonds. The molecule has 1 aliphatic rings. The lowest BCUT2D eigenvalue weighted by molar-refractivity contribution is -0.150. The van der Waals surface area contributed by atoms with Crippen LogP contribution < -0.4 is 0 Å². The minimum absolute atomic E-state index is 0.0599. The van der Waals surface area contributed by atoms with Crippen molar-refractivity contribution in [3.8, 4) is 0 Å². The van der Waals surface area contributed by atoms with E-state index in [1.807, 2.05) is 6.92 Å². The molecule has 3 heteroatoms. The van der Waals surface area contributed by atoms with Gasteiger partial charge in [0.1, 0.15) is 6.04 Å². The third kappa shape index (κ3) is 3.70. The Morgan fingerprint density at radius 1 is 1.35 bits per heavy atom. The van der Waals surface area contributed by atoms with Crippen LogP contribution in [-0.4, -0.2) is 36.6 Å². The van der Waals surface area contributed by atoms with Gasteiger partial charge in [0.25, 0.3) is 0 Å². The van der Waals surface area contributed by atoms with E-state index in [4.69, 9.17) is 4.74 Å². The Morgan fingerprint density at radius 2 is 2.00 bits per heavy atom. The molecule has 0 spiro atoms. The summed E-state index contributed by atoms with van der Waals surface area (Å²) in [6.45, 7) is 6.71. The number of carbonyl (C=O) groups is 1. The lowest BCUT2D eigenvalue weighted by Gasteiger charge is -2.39. The van der Waals surface area contributed by atoms with E-state index in [1.54, 1.807) is 0 Å². The number of rotatable bonds is 5. The van der Waals surface area contributed by atoms with Crippen LogP contribution in [0.5, 0.6) is 0 Å². The fraction of sp³-hybridized carbons (Fsp3) is 0.929. The SMILES string of the molecule is CCOC(=O)C(CC)N(C)C1CCCCC1C. The molecular formula is C14H27NO2. The summed E-state index contributed by atoms with van der Waals surface area (Å²) in [5.74, 6) is 0.632. The molecule has 0 saturated heterocycles. The van der Waals surface area contributed by atoms with Crippen molar-refractivity contribution in [2.45, 2.75) is 65.0 Å². The van der Waals surface area contributed by atoms with Gasteiger partial charge in [-0.05, 0) is 39.2 Å². The first kappa shape index (κ1) is 14.5. The van der Waals surface area contributed by atoms with Gasteiger partial charge in [-0.3, -0.25) is 9.69 Å². The molecule has 0 aliphatic heterocycles. The highest BCUT2D eigenvalue weighted by Crippen LogP contribution is 2.29. The molecule has 3 nitrogen and oxygen atoms in total. The van der Waals surface area contributed by atoms with Gasteiger partial charge in [0.2, 0.25) is 0 Å². The van der Waals surface area contributed by atoms with Crippen molar-refractivity contribution in [1.82, 2.24) is 4.90 Å². The molecule has 0 radical (unpaired) electrons. The van der Waals surface area contributed by atoms with E-state index < -0.39 is 0 Å². The summed E-state index contributed by atoms with van der Waals surface area (Å²) >= 11 is 0.